The van der Waals surface area contributed by atoms with E-state index in [9.17, 15) is 5.02 Å². The van der Waals surface area contributed by atoms with Crippen molar-refractivity contribution in [1.82, 2.24) is 4.98 Å². The summed E-state index contributed by atoms with van der Waals surface area (Å²) in [6.07, 6.45) is 0. The Labute approximate surface area is 129 Å². The van der Waals surface area contributed by atoms with Gasteiger partial charge in [-0.05, 0) is 55.1 Å². The van der Waals surface area contributed by atoms with Gasteiger partial charge in [0.05, 0.1) is 13.2 Å². The number of aryl methyl sites for hydroxylation is 3. The van der Waals surface area contributed by atoms with Gasteiger partial charge in [0.1, 0.15) is 5.75 Å². The highest BCUT2D eigenvalue weighted by molar-refractivity contribution is 6.61. The summed E-state index contributed by atoms with van der Waals surface area (Å²) in [5, 5.41) is 9.71. The maximum absolute atomic E-state index is 9.71. The van der Waals surface area contributed by atoms with E-state index >= 15 is 0 Å². The fourth-order valence-corrected chi connectivity index (χ4v) is 2.60. The van der Waals surface area contributed by atoms with Crippen molar-refractivity contribution >= 4 is 18.3 Å². The normalized spacial score (nSPS) is 13.0. The van der Waals surface area contributed by atoms with Gasteiger partial charge in [0, 0.05) is 5.69 Å². The predicted molar refractivity (Wildman–Crippen MR) is 83.6 cm³/mol. The van der Waals surface area contributed by atoms with Crippen molar-refractivity contribution in [3.8, 4) is 11.6 Å². The molecule has 2 heterocycles. The summed E-state index contributed by atoms with van der Waals surface area (Å²) in [7, 11) is -0.858. The third-order valence-corrected chi connectivity index (χ3v) is 3.76. The minimum absolute atomic E-state index is 0.370. The quantitative estimate of drug-likeness (QED) is 0.683. The van der Waals surface area contributed by atoms with Crippen molar-refractivity contribution in [3.63, 3.8) is 0 Å². The van der Waals surface area contributed by atoms with Crippen LogP contribution in [-0.4, -0.2) is 17.1 Å². The second-order valence-corrected chi connectivity index (χ2v) is 5.41. The molecule has 0 saturated heterocycles. The number of hydrogen-bond acceptors (Lipinski definition) is 4. The number of ether oxygens (including phenoxy) is 1. The first-order valence-corrected chi connectivity index (χ1v) is 6.96. The van der Waals surface area contributed by atoms with E-state index in [0.29, 0.717) is 29.6 Å². The zero-order chi connectivity index (χ0) is 15.9. The van der Waals surface area contributed by atoms with E-state index in [1.807, 2.05) is 26.0 Å². The summed E-state index contributed by atoms with van der Waals surface area (Å²) in [6.45, 7) is 13.1. The van der Waals surface area contributed by atoms with Crippen molar-refractivity contribution in [2.45, 2.75) is 27.4 Å². The third kappa shape index (κ3) is 2.45. The number of hydrogen-bond donors (Lipinski definition) is 1. The van der Waals surface area contributed by atoms with Gasteiger partial charge in [0.2, 0.25) is 11.6 Å². The van der Waals surface area contributed by atoms with E-state index in [2.05, 4.69) is 9.83 Å². The van der Waals surface area contributed by atoms with Gasteiger partial charge >= 0.3 is 7.12 Å². The molecule has 0 bridgehead atoms. The van der Waals surface area contributed by atoms with Crippen LogP contribution in [0.25, 0.3) is 4.85 Å². The molecule has 1 aromatic heterocycles. The molecular weight excluding hydrogens is 279 g/mol. The second-order valence-electron chi connectivity index (χ2n) is 5.41. The molecule has 1 aliphatic rings. The van der Waals surface area contributed by atoms with E-state index in [1.165, 1.54) is 0 Å². The molecule has 1 aromatic carbocycles. The van der Waals surface area contributed by atoms with E-state index in [-0.39, 0.29) is 0 Å². The van der Waals surface area contributed by atoms with Gasteiger partial charge in [-0.2, -0.15) is 0 Å². The standard InChI is InChI=1S/C16H15BN2O3/c1-9-5-13-12(8-21-17(13)20)7-14(9)22-15-6-10(2)16(18-4)11(3)19-15/h5-7,20H,8H2,1-3H3. The van der Waals surface area contributed by atoms with Crippen LogP contribution in [0.1, 0.15) is 22.4 Å². The van der Waals surface area contributed by atoms with Crippen LogP contribution in [0.2, 0.25) is 0 Å². The van der Waals surface area contributed by atoms with E-state index < -0.39 is 7.12 Å². The molecule has 0 aliphatic carbocycles. The lowest BCUT2D eigenvalue weighted by Crippen LogP contribution is -2.28. The second kappa shape index (κ2) is 5.45. The lowest BCUT2D eigenvalue weighted by atomic mass is 9.79. The molecule has 0 spiro atoms. The molecule has 0 saturated carbocycles. The highest BCUT2D eigenvalue weighted by Gasteiger charge is 2.28. The summed E-state index contributed by atoms with van der Waals surface area (Å²) in [4.78, 5) is 7.81. The Balaban J connectivity index is 1.96. The Bertz CT molecular complexity index is 776. The van der Waals surface area contributed by atoms with Gasteiger partial charge in [-0.15, -0.1) is 0 Å². The summed E-state index contributed by atoms with van der Waals surface area (Å²) in [5.74, 6) is 1.14. The number of nitrogens with zero attached hydrogens (tertiary/aromatic N) is 2. The van der Waals surface area contributed by atoms with Crippen LogP contribution in [0.4, 0.5) is 5.69 Å². The smallest absolute Gasteiger partial charge is 0.439 e. The Morgan fingerprint density at radius 1 is 1.27 bits per heavy atom. The first-order chi connectivity index (χ1) is 10.5. The molecule has 1 N–H and O–H groups in total. The van der Waals surface area contributed by atoms with Gasteiger partial charge in [-0.1, -0.05) is 6.07 Å². The number of fused-ring (bicyclic) bond motifs is 1. The van der Waals surface area contributed by atoms with Crippen molar-refractivity contribution in [1.29, 1.82) is 0 Å². The van der Waals surface area contributed by atoms with Gasteiger partial charge < -0.3 is 14.4 Å². The maximum Gasteiger partial charge on any atom is 0.491 e. The van der Waals surface area contributed by atoms with Crippen molar-refractivity contribution < 1.29 is 14.4 Å². The zero-order valence-electron chi connectivity index (χ0n) is 12.7. The van der Waals surface area contributed by atoms with Crippen LogP contribution in [0.5, 0.6) is 11.6 Å². The largest absolute Gasteiger partial charge is 0.491 e. The molecule has 5 nitrogen and oxygen atoms in total. The van der Waals surface area contributed by atoms with Gasteiger partial charge in [-0.3, -0.25) is 0 Å². The first-order valence-electron chi connectivity index (χ1n) is 6.96. The Hall–Kier alpha value is -2.36. The van der Waals surface area contributed by atoms with Crippen LogP contribution in [0, 0.1) is 27.3 Å². The molecule has 0 radical (unpaired) electrons. The fraction of sp³-hybridized carbons (Fsp3) is 0.250. The van der Waals surface area contributed by atoms with E-state index in [4.69, 9.17) is 16.0 Å². The minimum atomic E-state index is -0.858. The Kier molecular flexibility index (Phi) is 3.61. The predicted octanol–water partition coefficient (Wildman–Crippen LogP) is 2.57. The Morgan fingerprint density at radius 2 is 2.05 bits per heavy atom. The molecular formula is C16H15BN2O3. The Morgan fingerprint density at radius 3 is 2.73 bits per heavy atom. The number of pyridine rings is 1. The van der Waals surface area contributed by atoms with Crippen molar-refractivity contribution in [3.05, 3.63) is 52.0 Å². The molecule has 0 fully saturated rings. The molecule has 1 aliphatic heterocycles. The summed E-state index contributed by atoms with van der Waals surface area (Å²) in [5.41, 5.74) is 4.66. The van der Waals surface area contributed by atoms with Crippen LogP contribution >= 0.6 is 0 Å². The molecule has 110 valence electrons. The maximum atomic E-state index is 9.71. The van der Waals surface area contributed by atoms with Crippen LogP contribution in [0.3, 0.4) is 0 Å². The third-order valence-electron chi connectivity index (χ3n) is 3.76. The summed E-state index contributed by atoms with van der Waals surface area (Å²) >= 11 is 0. The highest BCUT2D eigenvalue weighted by Crippen LogP contribution is 2.30. The SMILES string of the molecule is [C-]#[N+]c1c(C)cc(Oc2cc3c(cc2C)B(O)OC3)nc1C. The molecule has 6 heteroatoms. The van der Waals surface area contributed by atoms with Gasteiger partial charge in [-0.25, -0.2) is 9.83 Å². The average Bonchev–Trinajstić information content (AvgIpc) is 2.80. The molecule has 22 heavy (non-hydrogen) atoms. The first kappa shape index (κ1) is 14.6. The van der Waals surface area contributed by atoms with Crippen molar-refractivity contribution in [2.24, 2.45) is 0 Å². The van der Waals surface area contributed by atoms with Gasteiger partial charge in [0.15, 0.2) is 0 Å². The number of rotatable bonds is 2. The van der Waals surface area contributed by atoms with Crippen LogP contribution in [0.15, 0.2) is 18.2 Å². The zero-order valence-corrected chi connectivity index (χ0v) is 12.7. The topological polar surface area (TPSA) is 55.9 Å². The lowest BCUT2D eigenvalue weighted by molar-refractivity contribution is 0.275. The fourth-order valence-electron chi connectivity index (χ4n) is 2.60. The van der Waals surface area contributed by atoms with Gasteiger partial charge in [0.25, 0.3) is 0 Å². The highest BCUT2D eigenvalue weighted by atomic mass is 16.5. The molecule has 3 rings (SSSR count). The van der Waals surface area contributed by atoms with E-state index in [0.717, 1.165) is 22.2 Å². The summed E-state index contributed by atoms with van der Waals surface area (Å²) < 4.78 is 11.1. The molecule has 0 amide bonds. The van der Waals surface area contributed by atoms with E-state index in [1.54, 1.807) is 13.0 Å². The lowest BCUT2D eigenvalue weighted by Gasteiger charge is -2.12. The van der Waals surface area contributed by atoms with Crippen LogP contribution in [-0.2, 0) is 11.3 Å². The monoisotopic (exact) mass is 294 g/mol. The van der Waals surface area contributed by atoms with Crippen molar-refractivity contribution in [2.75, 3.05) is 0 Å². The minimum Gasteiger partial charge on any atom is -0.439 e. The molecule has 0 unspecified atom stereocenters. The van der Waals surface area contributed by atoms with Crippen LogP contribution < -0.4 is 10.2 Å². The average molecular weight is 294 g/mol. The molecule has 2 aromatic rings. The molecule has 0 atom stereocenters. The summed E-state index contributed by atoms with van der Waals surface area (Å²) in [6, 6.07) is 5.50. The number of benzene rings is 1. The number of aromatic nitrogens is 1.